The van der Waals surface area contributed by atoms with E-state index in [-0.39, 0.29) is 21.4 Å². The Kier molecular flexibility index (Phi) is 3.99. The number of nitrogens with one attached hydrogen (secondary N) is 1. The van der Waals surface area contributed by atoms with Crippen LogP contribution in [0.1, 0.15) is 10.4 Å². The van der Waals surface area contributed by atoms with E-state index in [2.05, 4.69) is 21.2 Å². The molecule has 0 bridgehead atoms. The van der Waals surface area contributed by atoms with E-state index in [0.717, 1.165) is 30.3 Å². The third-order valence-electron chi connectivity index (χ3n) is 2.52. The highest BCUT2D eigenvalue weighted by Crippen LogP contribution is 2.24. The normalized spacial score (nSPS) is 10.4. The van der Waals surface area contributed by atoms with Gasteiger partial charge in [0.2, 0.25) is 0 Å². The fraction of sp³-hybridized carbons (Fsp3) is 0. The van der Waals surface area contributed by atoms with Crippen LogP contribution in [0.5, 0.6) is 0 Å². The number of benzene rings is 2. The molecule has 104 valence electrons. The third kappa shape index (κ3) is 2.93. The van der Waals surface area contributed by atoms with Crippen molar-refractivity contribution in [3.8, 4) is 0 Å². The molecule has 0 fully saturated rings. The van der Waals surface area contributed by atoms with Crippen LogP contribution in [0.4, 0.5) is 24.5 Å². The van der Waals surface area contributed by atoms with Crippen LogP contribution in [0.3, 0.4) is 0 Å². The van der Waals surface area contributed by atoms with Crippen LogP contribution >= 0.6 is 15.9 Å². The van der Waals surface area contributed by atoms with Crippen molar-refractivity contribution in [2.24, 2.45) is 0 Å². The molecule has 0 aliphatic carbocycles. The number of hydrogen-bond donors (Lipinski definition) is 2. The molecule has 7 heteroatoms. The van der Waals surface area contributed by atoms with Crippen molar-refractivity contribution in [1.29, 1.82) is 0 Å². The van der Waals surface area contributed by atoms with Crippen molar-refractivity contribution >= 4 is 33.2 Å². The van der Waals surface area contributed by atoms with E-state index < -0.39 is 23.4 Å². The second-order valence-corrected chi connectivity index (χ2v) is 4.79. The second-order valence-electron chi connectivity index (χ2n) is 3.93. The smallest absolute Gasteiger partial charge is 0.257 e. The van der Waals surface area contributed by atoms with E-state index >= 15 is 0 Å². The Balaban J connectivity index is 2.30. The molecular formula is C13H8BrF3N2O. The van der Waals surface area contributed by atoms with Gasteiger partial charge in [-0.3, -0.25) is 4.79 Å². The molecule has 1 amide bonds. The van der Waals surface area contributed by atoms with Crippen molar-refractivity contribution in [2.75, 3.05) is 11.1 Å². The first-order chi connectivity index (χ1) is 9.38. The van der Waals surface area contributed by atoms with Crippen molar-refractivity contribution in [3.63, 3.8) is 0 Å². The van der Waals surface area contributed by atoms with Gasteiger partial charge in [0, 0.05) is 11.8 Å². The van der Waals surface area contributed by atoms with Gasteiger partial charge in [0.1, 0.15) is 17.5 Å². The Labute approximate surface area is 120 Å². The summed E-state index contributed by atoms with van der Waals surface area (Å²) in [6.07, 6.45) is 0. The van der Waals surface area contributed by atoms with Gasteiger partial charge >= 0.3 is 0 Å². The minimum Gasteiger partial charge on any atom is -0.398 e. The van der Waals surface area contributed by atoms with E-state index in [1.54, 1.807) is 0 Å². The molecule has 0 saturated carbocycles. The summed E-state index contributed by atoms with van der Waals surface area (Å²) in [5, 5.41) is 2.18. The number of anilines is 2. The maximum atomic E-state index is 13.6. The van der Waals surface area contributed by atoms with Crippen LogP contribution in [0.2, 0.25) is 0 Å². The molecule has 0 aliphatic rings. The fourth-order valence-electron chi connectivity index (χ4n) is 1.55. The zero-order chi connectivity index (χ0) is 14.9. The van der Waals surface area contributed by atoms with Crippen molar-refractivity contribution in [3.05, 3.63) is 57.8 Å². The van der Waals surface area contributed by atoms with Crippen LogP contribution < -0.4 is 11.1 Å². The number of hydrogen-bond acceptors (Lipinski definition) is 2. The van der Waals surface area contributed by atoms with Gasteiger partial charge in [-0.15, -0.1) is 0 Å². The molecule has 0 spiro atoms. The lowest BCUT2D eigenvalue weighted by Gasteiger charge is -2.09. The van der Waals surface area contributed by atoms with Gasteiger partial charge in [-0.25, -0.2) is 13.2 Å². The number of amides is 1. The molecule has 2 rings (SSSR count). The molecule has 0 aromatic heterocycles. The monoisotopic (exact) mass is 344 g/mol. The van der Waals surface area contributed by atoms with Crippen molar-refractivity contribution in [1.82, 2.24) is 0 Å². The Morgan fingerprint density at radius 1 is 1.10 bits per heavy atom. The third-order valence-corrected chi connectivity index (χ3v) is 3.12. The molecule has 0 unspecified atom stereocenters. The maximum Gasteiger partial charge on any atom is 0.257 e. The predicted octanol–water partition coefficient (Wildman–Crippen LogP) is 3.70. The second kappa shape index (κ2) is 5.54. The summed E-state index contributed by atoms with van der Waals surface area (Å²) in [6.45, 7) is 0. The van der Waals surface area contributed by atoms with Crippen molar-refractivity contribution in [2.45, 2.75) is 0 Å². The van der Waals surface area contributed by atoms with Crippen LogP contribution in [-0.2, 0) is 0 Å². The van der Waals surface area contributed by atoms with Crippen molar-refractivity contribution < 1.29 is 18.0 Å². The number of nitrogens with two attached hydrogens (primary N) is 1. The summed E-state index contributed by atoms with van der Waals surface area (Å²) in [5.74, 6) is -2.90. The van der Waals surface area contributed by atoms with Crippen LogP contribution in [0.25, 0.3) is 0 Å². The minimum atomic E-state index is -0.813. The van der Waals surface area contributed by atoms with Crippen LogP contribution in [-0.4, -0.2) is 5.91 Å². The first kappa shape index (κ1) is 14.4. The van der Waals surface area contributed by atoms with E-state index in [0.29, 0.717) is 0 Å². The van der Waals surface area contributed by atoms with Gasteiger partial charge in [0.05, 0.1) is 15.7 Å². The van der Waals surface area contributed by atoms with Gasteiger partial charge in [0.15, 0.2) is 0 Å². The Morgan fingerprint density at radius 3 is 2.45 bits per heavy atom. The maximum absolute atomic E-state index is 13.6. The molecule has 0 heterocycles. The van der Waals surface area contributed by atoms with Gasteiger partial charge in [0.25, 0.3) is 5.91 Å². The Hall–Kier alpha value is -2.02. The highest BCUT2D eigenvalue weighted by Gasteiger charge is 2.14. The lowest BCUT2D eigenvalue weighted by Crippen LogP contribution is -2.15. The zero-order valence-electron chi connectivity index (χ0n) is 9.88. The van der Waals surface area contributed by atoms with E-state index in [4.69, 9.17) is 5.73 Å². The molecule has 2 aromatic rings. The number of halogens is 4. The highest BCUT2D eigenvalue weighted by atomic mass is 79.9. The quantitative estimate of drug-likeness (QED) is 0.644. The fourth-order valence-corrected chi connectivity index (χ4v) is 1.86. The Bertz CT molecular complexity index is 692. The number of carbonyl (C=O) groups is 1. The van der Waals surface area contributed by atoms with Gasteiger partial charge in [-0.2, -0.15) is 0 Å². The average Bonchev–Trinajstić information content (AvgIpc) is 2.35. The minimum absolute atomic E-state index is 0.0332. The first-order valence-electron chi connectivity index (χ1n) is 5.39. The summed E-state index contributed by atoms with van der Waals surface area (Å²) >= 11 is 2.82. The van der Waals surface area contributed by atoms with Gasteiger partial charge < -0.3 is 11.1 Å². The van der Waals surface area contributed by atoms with Crippen LogP contribution in [0.15, 0.2) is 34.8 Å². The van der Waals surface area contributed by atoms with Gasteiger partial charge in [-0.05, 0) is 40.2 Å². The molecule has 20 heavy (non-hydrogen) atoms. The summed E-state index contributed by atoms with van der Waals surface area (Å²) in [4.78, 5) is 11.9. The standard InChI is InChI=1S/C13H8BrF3N2O/c14-8-4-10(17)12(5-9(8)16)19-13(20)7-2-1-6(15)3-11(7)18/h1-5H,18H2,(H,19,20). The summed E-state index contributed by atoms with van der Waals surface area (Å²) < 4.78 is 39.7. The highest BCUT2D eigenvalue weighted by molar-refractivity contribution is 9.10. The topological polar surface area (TPSA) is 55.1 Å². The number of nitrogen functional groups attached to an aromatic ring is 1. The number of carbonyl (C=O) groups excluding carboxylic acids is 1. The molecule has 0 saturated heterocycles. The SMILES string of the molecule is Nc1cc(F)ccc1C(=O)Nc1cc(F)c(Br)cc1F. The summed E-state index contributed by atoms with van der Waals surface area (Å²) in [5.41, 5.74) is 5.03. The summed E-state index contributed by atoms with van der Waals surface area (Å²) in [7, 11) is 0. The predicted molar refractivity (Wildman–Crippen MR) is 72.8 cm³/mol. The lowest BCUT2D eigenvalue weighted by molar-refractivity contribution is 0.102. The molecule has 0 atom stereocenters. The van der Waals surface area contributed by atoms with E-state index in [1.165, 1.54) is 0 Å². The van der Waals surface area contributed by atoms with E-state index in [1.807, 2.05) is 0 Å². The summed E-state index contributed by atoms with van der Waals surface area (Å²) in [6, 6.07) is 4.89. The first-order valence-corrected chi connectivity index (χ1v) is 6.18. The van der Waals surface area contributed by atoms with Crippen LogP contribution in [0, 0.1) is 17.5 Å². The van der Waals surface area contributed by atoms with Gasteiger partial charge in [-0.1, -0.05) is 0 Å². The lowest BCUT2D eigenvalue weighted by atomic mass is 10.1. The molecule has 0 radical (unpaired) electrons. The average molecular weight is 345 g/mol. The molecule has 0 aliphatic heterocycles. The molecule has 2 aromatic carbocycles. The Morgan fingerprint density at radius 2 is 1.80 bits per heavy atom. The molecular weight excluding hydrogens is 337 g/mol. The molecule has 3 N–H and O–H groups in total. The molecule has 3 nitrogen and oxygen atoms in total. The zero-order valence-corrected chi connectivity index (χ0v) is 11.5. The number of rotatable bonds is 2. The largest absolute Gasteiger partial charge is 0.398 e. The van der Waals surface area contributed by atoms with E-state index in [9.17, 15) is 18.0 Å².